The summed E-state index contributed by atoms with van der Waals surface area (Å²) in [7, 11) is 0. The topological polar surface area (TPSA) is 59.2 Å². The predicted octanol–water partition coefficient (Wildman–Crippen LogP) is 5.35. The maximum Gasteiger partial charge on any atom is 0.227 e. The number of aromatic nitrogens is 2. The standard InChI is InChI=1S/C25H22FN3O2/c1-18-7-13-22(14-8-18)29(17-19-5-3-2-4-6-19)24(30)16-15-23-27-25(28-31-23)20-9-11-21(26)12-10-20/h2-14H,15-17H2,1H3. The fraction of sp³-hybridized carbons (Fsp3) is 0.160. The van der Waals surface area contributed by atoms with Crippen LogP contribution in [-0.4, -0.2) is 16.0 Å². The van der Waals surface area contributed by atoms with Crippen molar-refractivity contribution in [3.63, 3.8) is 0 Å². The highest BCUT2D eigenvalue weighted by atomic mass is 19.1. The Morgan fingerprint density at radius 1 is 0.968 bits per heavy atom. The Balaban J connectivity index is 1.47. The molecular formula is C25H22FN3O2. The van der Waals surface area contributed by atoms with E-state index in [0.717, 1.165) is 16.8 Å². The van der Waals surface area contributed by atoms with E-state index in [1.54, 1.807) is 17.0 Å². The maximum absolute atomic E-state index is 13.1. The minimum Gasteiger partial charge on any atom is -0.339 e. The summed E-state index contributed by atoms with van der Waals surface area (Å²) in [4.78, 5) is 19.2. The van der Waals surface area contributed by atoms with E-state index in [-0.39, 0.29) is 18.1 Å². The molecule has 0 bridgehead atoms. The fourth-order valence-corrected chi connectivity index (χ4v) is 3.24. The molecule has 0 saturated carbocycles. The van der Waals surface area contributed by atoms with Crippen LogP contribution in [0.15, 0.2) is 83.4 Å². The molecule has 0 unspecified atom stereocenters. The first-order valence-corrected chi connectivity index (χ1v) is 10.1. The number of hydrogen-bond donors (Lipinski definition) is 0. The molecule has 0 atom stereocenters. The van der Waals surface area contributed by atoms with Gasteiger partial charge in [-0.25, -0.2) is 4.39 Å². The zero-order chi connectivity index (χ0) is 21.6. The van der Waals surface area contributed by atoms with E-state index < -0.39 is 0 Å². The van der Waals surface area contributed by atoms with Crippen molar-refractivity contribution in [1.29, 1.82) is 0 Å². The summed E-state index contributed by atoms with van der Waals surface area (Å²) in [5.74, 6) is 0.389. The summed E-state index contributed by atoms with van der Waals surface area (Å²) in [6.07, 6.45) is 0.552. The third-order valence-electron chi connectivity index (χ3n) is 4.95. The average Bonchev–Trinajstić information content (AvgIpc) is 3.27. The summed E-state index contributed by atoms with van der Waals surface area (Å²) < 4.78 is 18.4. The molecule has 0 N–H and O–H groups in total. The van der Waals surface area contributed by atoms with Gasteiger partial charge in [0.1, 0.15) is 5.82 Å². The first kappa shape index (κ1) is 20.5. The molecule has 5 nitrogen and oxygen atoms in total. The van der Waals surface area contributed by atoms with E-state index in [1.165, 1.54) is 12.1 Å². The summed E-state index contributed by atoms with van der Waals surface area (Å²) in [6.45, 7) is 2.49. The molecule has 0 aliphatic heterocycles. The second-order valence-electron chi connectivity index (χ2n) is 7.32. The molecular weight excluding hydrogens is 393 g/mol. The Hall–Kier alpha value is -3.80. The minimum atomic E-state index is -0.326. The van der Waals surface area contributed by atoms with Crippen molar-refractivity contribution in [2.45, 2.75) is 26.3 Å². The third kappa shape index (κ3) is 5.22. The van der Waals surface area contributed by atoms with E-state index in [1.807, 2.05) is 61.5 Å². The molecule has 0 saturated heterocycles. The quantitative estimate of drug-likeness (QED) is 0.408. The largest absolute Gasteiger partial charge is 0.339 e. The highest BCUT2D eigenvalue weighted by molar-refractivity contribution is 5.93. The van der Waals surface area contributed by atoms with Crippen molar-refractivity contribution >= 4 is 11.6 Å². The number of amides is 1. The molecule has 0 aliphatic rings. The van der Waals surface area contributed by atoms with Crippen LogP contribution < -0.4 is 4.90 Å². The van der Waals surface area contributed by atoms with Gasteiger partial charge in [0.25, 0.3) is 0 Å². The van der Waals surface area contributed by atoms with Crippen LogP contribution in [0.2, 0.25) is 0 Å². The van der Waals surface area contributed by atoms with Gasteiger partial charge >= 0.3 is 0 Å². The van der Waals surface area contributed by atoms with Crippen LogP contribution in [0.1, 0.15) is 23.4 Å². The van der Waals surface area contributed by atoms with Crippen molar-refractivity contribution in [3.8, 4) is 11.4 Å². The van der Waals surface area contributed by atoms with Gasteiger partial charge in [0.05, 0.1) is 6.54 Å². The number of rotatable bonds is 7. The fourth-order valence-electron chi connectivity index (χ4n) is 3.24. The van der Waals surface area contributed by atoms with Gasteiger partial charge < -0.3 is 9.42 Å². The Kier molecular flexibility index (Phi) is 6.17. The molecule has 4 aromatic rings. The van der Waals surface area contributed by atoms with Gasteiger partial charge in [-0.15, -0.1) is 0 Å². The van der Waals surface area contributed by atoms with Gasteiger partial charge in [-0.1, -0.05) is 53.2 Å². The number of nitrogens with zero attached hydrogens (tertiary/aromatic N) is 3. The van der Waals surface area contributed by atoms with Crippen LogP contribution in [0.25, 0.3) is 11.4 Å². The van der Waals surface area contributed by atoms with Crippen molar-refractivity contribution < 1.29 is 13.7 Å². The molecule has 4 rings (SSSR count). The number of carbonyl (C=O) groups excluding carboxylic acids is 1. The van der Waals surface area contributed by atoms with Gasteiger partial charge in [-0.2, -0.15) is 4.98 Å². The first-order chi connectivity index (χ1) is 15.1. The van der Waals surface area contributed by atoms with Crippen molar-refractivity contribution in [1.82, 2.24) is 10.1 Å². The lowest BCUT2D eigenvalue weighted by molar-refractivity contribution is -0.118. The number of halogens is 1. The molecule has 0 aliphatic carbocycles. The zero-order valence-electron chi connectivity index (χ0n) is 17.2. The molecule has 1 aromatic heterocycles. The molecule has 156 valence electrons. The summed E-state index contributed by atoms with van der Waals surface area (Å²) in [6, 6.07) is 23.6. The SMILES string of the molecule is Cc1ccc(N(Cc2ccccc2)C(=O)CCc2nc(-c3ccc(F)cc3)no2)cc1. The van der Waals surface area contributed by atoms with E-state index in [2.05, 4.69) is 10.1 Å². The minimum absolute atomic E-state index is 0.0331. The summed E-state index contributed by atoms with van der Waals surface area (Å²) in [5, 5.41) is 3.94. The molecule has 3 aromatic carbocycles. The van der Waals surface area contributed by atoms with Crippen molar-refractivity contribution in [3.05, 3.63) is 102 Å². The van der Waals surface area contributed by atoms with Gasteiger partial charge in [0, 0.05) is 24.1 Å². The number of hydrogen-bond acceptors (Lipinski definition) is 4. The normalized spacial score (nSPS) is 10.8. The van der Waals surface area contributed by atoms with Crippen LogP contribution in [0.3, 0.4) is 0 Å². The van der Waals surface area contributed by atoms with Crippen molar-refractivity contribution in [2.75, 3.05) is 4.90 Å². The van der Waals surface area contributed by atoms with Crippen LogP contribution in [0, 0.1) is 12.7 Å². The van der Waals surface area contributed by atoms with Gasteiger partial charge in [0.15, 0.2) is 0 Å². The predicted molar refractivity (Wildman–Crippen MR) is 117 cm³/mol. The molecule has 0 spiro atoms. The Morgan fingerprint density at radius 3 is 2.39 bits per heavy atom. The molecule has 31 heavy (non-hydrogen) atoms. The lowest BCUT2D eigenvalue weighted by Crippen LogP contribution is -2.30. The Labute approximate surface area is 180 Å². The smallest absolute Gasteiger partial charge is 0.227 e. The number of aryl methyl sites for hydroxylation is 2. The first-order valence-electron chi connectivity index (χ1n) is 10.1. The lowest BCUT2D eigenvalue weighted by atomic mass is 10.1. The Morgan fingerprint density at radius 2 is 1.68 bits per heavy atom. The lowest BCUT2D eigenvalue weighted by Gasteiger charge is -2.23. The zero-order valence-corrected chi connectivity index (χ0v) is 17.2. The monoisotopic (exact) mass is 415 g/mol. The Bertz CT molecular complexity index is 1140. The van der Waals surface area contributed by atoms with Gasteiger partial charge in [-0.3, -0.25) is 4.79 Å². The highest BCUT2D eigenvalue weighted by Gasteiger charge is 2.18. The molecule has 6 heteroatoms. The van der Waals surface area contributed by atoms with Crippen LogP contribution >= 0.6 is 0 Å². The molecule has 0 fully saturated rings. The van der Waals surface area contributed by atoms with E-state index >= 15 is 0 Å². The molecule has 1 heterocycles. The number of carbonyl (C=O) groups is 1. The highest BCUT2D eigenvalue weighted by Crippen LogP contribution is 2.21. The van der Waals surface area contributed by atoms with E-state index in [9.17, 15) is 9.18 Å². The summed E-state index contributed by atoms with van der Waals surface area (Å²) in [5.41, 5.74) is 3.69. The van der Waals surface area contributed by atoms with Crippen LogP contribution in [0.4, 0.5) is 10.1 Å². The number of benzene rings is 3. The second kappa shape index (κ2) is 9.34. The van der Waals surface area contributed by atoms with E-state index in [4.69, 9.17) is 4.52 Å². The third-order valence-corrected chi connectivity index (χ3v) is 4.95. The van der Waals surface area contributed by atoms with Gasteiger partial charge in [0.2, 0.25) is 17.6 Å². The van der Waals surface area contributed by atoms with Crippen LogP contribution in [-0.2, 0) is 17.8 Å². The number of anilines is 1. The average molecular weight is 415 g/mol. The maximum atomic E-state index is 13.1. The second-order valence-corrected chi connectivity index (χ2v) is 7.32. The molecule has 1 amide bonds. The van der Waals surface area contributed by atoms with Crippen molar-refractivity contribution in [2.24, 2.45) is 0 Å². The van der Waals surface area contributed by atoms with Gasteiger partial charge in [-0.05, 0) is 48.9 Å². The summed E-state index contributed by atoms with van der Waals surface area (Å²) >= 11 is 0. The van der Waals surface area contributed by atoms with E-state index in [0.29, 0.717) is 30.2 Å². The van der Waals surface area contributed by atoms with Crippen LogP contribution in [0.5, 0.6) is 0 Å². The molecule has 0 radical (unpaired) electrons.